The molecular weight excluding hydrogens is 266 g/mol. The van der Waals surface area contributed by atoms with Crippen molar-refractivity contribution in [1.82, 2.24) is 0 Å². The number of benzene rings is 1. The fourth-order valence-corrected chi connectivity index (χ4v) is 2.07. The van der Waals surface area contributed by atoms with E-state index in [2.05, 4.69) is 40.9 Å². The van der Waals surface area contributed by atoms with E-state index in [1.165, 1.54) is 12.8 Å². The molecule has 90 valence electrons. The maximum Gasteiger partial charge on any atom is 0.0782 e. The molecule has 0 aliphatic carbocycles. The van der Waals surface area contributed by atoms with Crippen molar-refractivity contribution in [2.75, 3.05) is 18.5 Å². The standard InChI is InChI=1S/C13H20BrNO/c1-4-5-8-15(3)13-9-11(14)6-7-12(13)10(2)16/h6-7,9-10,16H,4-5,8H2,1-3H3. The van der Waals surface area contributed by atoms with Crippen molar-refractivity contribution >= 4 is 21.6 Å². The monoisotopic (exact) mass is 285 g/mol. The maximum atomic E-state index is 9.73. The van der Waals surface area contributed by atoms with Gasteiger partial charge in [0.15, 0.2) is 0 Å². The van der Waals surface area contributed by atoms with E-state index in [0.29, 0.717) is 0 Å². The van der Waals surface area contributed by atoms with Crippen LogP contribution in [0.1, 0.15) is 38.4 Å². The Bertz CT molecular complexity index is 339. The van der Waals surface area contributed by atoms with Crippen LogP contribution < -0.4 is 4.90 Å². The van der Waals surface area contributed by atoms with Crippen LogP contribution in [0.3, 0.4) is 0 Å². The highest BCUT2D eigenvalue weighted by Crippen LogP contribution is 2.29. The topological polar surface area (TPSA) is 23.5 Å². The second-order valence-corrected chi connectivity index (χ2v) is 5.07. The summed E-state index contributed by atoms with van der Waals surface area (Å²) in [5.41, 5.74) is 2.10. The molecule has 1 aromatic rings. The Morgan fingerprint density at radius 1 is 1.44 bits per heavy atom. The van der Waals surface area contributed by atoms with Crippen molar-refractivity contribution in [3.8, 4) is 0 Å². The number of aliphatic hydroxyl groups excluding tert-OH is 1. The molecule has 0 fully saturated rings. The lowest BCUT2D eigenvalue weighted by Gasteiger charge is -2.23. The molecule has 1 N–H and O–H groups in total. The van der Waals surface area contributed by atoms with Crippen LogP contribution in [0.25, 0.3) is 0 Å². The van der Waals surface area contributed by atoms with Crippen molar-refractivity contribution in [1.29, 1.82) is 0 Å². The highest BCUT2D eigenvalue weighted by atomic mass is 79.9. The summed E-state index contributed by atoms with van der Waals surface area (Å²) in [6.45, 7) is 5.01. The van der Waals surface area contributed by atoms with E-state index in [1.54, 1.807) is 6.92 Å². The van der Waals surface area contributed by atoms with E-state index in [9.17, 15) is 5.11 Å². The summed E-state index contributed by atoms with van der Waals surface area (Å²) in [6.07, 6.45) is 1.93. The predicted molar refractivity (Wildman–Crippen MR) is 73.0 cm³/mol. The number of halogens is 1. The lowest BCUT2D eigenvalue weighted by atomic mass is 10.1. The van der Waals surface area contributed by atoms with E-state index >= 15 is 0 Å². The fourth-order valence-electron chi connectivity index (χ4n) is 1.72. The summed E-state index contributed by atoms with van der Waals surface area (Å²) in [5.74, 6) is 0. The Labute approximate surface area is 106 Å². The average Bonchev–Trinajstić information content (AvgIpc) is 2.25. The first-order valence-electron chi connectivity index (χ1n) is 5.75. The third-order valence-corrected chi connectivity index (χ3v) is 3.19. The molecule has 0 spiro atoms. The second kappa shape index (κ2) is 6.26. The Morgan fingerprint density at radius 2 is 2.12 bits per heavy atom. The number of nitrogens with zero attached hydrogens (tertiary/aromatic N) is 1. The largest absolute Gasteiger partial charge is 0.389 e. The molecule has 0 saturated heterocycles. The van der Waals surface area contributed by atoms with Gasteiger partial charge >= 0.3 is 0 Å². The van der Waals surface area contributed by atoms with Gasteiger partial charge in [-0.05, 0) is 25.5 Å². The number of unbranched alkanes of at least 4 members (excludes halogenated alkanes) is 1. The molecule has 1 rings (SSSR count). The van der Waals surface area contributed by atoms with Crippen molar-refractivity contribution in [2.24, 2.45) is 0 Å². The molecular formula is C13H20BrNO. The van der Waals surface area contributed by atoms with Gasteiger partial charge in [0.1, 0.15) is 0 Å². The molecule has 1 unspecified atom stereocenters. The molecule has 0 bridgehead atoms. The maximum absolute atomic E-state index is 9.73. The van der Waals surface area contributed by atoms with Gasteiger partial charge in [0.25, 0.3) is 0 Å². The van der Waals surface area contributed by atoms with E-state index in [1.807, 2.05) is 12.1 Å². The summed E-state index contributed by atoms with van der Waals surface area (Å²) in [6, 6.07) is 6.02. The Hall–Kier alpha value is -0.540. The number of rotatable bonds is 5. The zero-order valence-corrected chi connectivity index (χ0v) is 11.8. The zero-order valence-electron chi connectivity index (χ0n) is 10.2. The van der Waals surface area contributed by atoms with Crippen molar-refractivity contribution in [3.05, 3.63) is 28.2 Å². The predicted octanol–water partition coefficient (Wildman–Crippen LogP) is 3.74. The van der Waals surface area contributed by atoms with Gasteiger partial charge in [0, 0.05) is 29.3 Å². The Balaban J connectivity index is 2.95. The second-order valence-electron chi connectivity index (χ2n) is 4.15. The first-order chi connectivity index (χ1) is 7.56. The van der Waals surface area contributed by atoms with Crippen molar-refractivity contribution < 1.29 is 5.11 Å². The zero-order chi connectivity index (χ0) is 12.1. The van der Waals surface area contributed by atoms with E-state index in [-0.39, 0.29) is 0 Å². The summed E-state index contributed by atoms with van der Waals surface area (Å²) >= 11 is 3.47. The number of hydrogen-bond acceptors (Lipinski definition) is 2. The van der Waals surface area contributed by atoms with Crippen LogP contribution in [0.5, 0.6) is 0 Å². The van der Waals surface area contributed by atoms with Crippen LogP contribution in [0.4, 0.5) is 5.69 Å². The van der Waals surface area contributed by atoms with Crippen LogP contribution in [-0.2, 0) is 0 Å². The summed E-state index contributed by atoms with van der Waals surface area (Å²) < 4.78 is 1.05. The van der Waals surface area contributed by atoms with Gasteiger partial charge in [-0.3, -0.25) is 0 Å². The van der Waals surface area contributed by atoms with Crippen molar-refractivity contribution in [2.45, 2.75) is 32.8 Å². The van der Waals surface area contributed by atoms with Gasteiger partial charge in [-0.15, -0.1) is 0 Å². The van der Waals surface area contributed by atoms with Gasteiger partial charge in [0.2, 0.25) is 0 Å². The molecule has 0 amide bonds. The van der Waals surface area contributed by atoms with Crippen LogP contribution in [0, 0.1) is 0 Å². The number of hydrogen-bond donors (Lipinski definition) is 1. The van der Waals surface area contributed by atoms with Crippen molar-refractivity contribution in [3.63, 3.8) is 0 Å². The minimum Gasteiger partial charge on any atom is -0.389 e. The first kappa shape index (κ1) is 13.5. The molecule has 0 aliphatic rings. The first-order valence-corrected chi connectivity index (χ1v) is 6.54. The average molecular weight is 286 g/mol. The highest BCUT2D eigenvalue weighted by Gasteiger charge is 2.11. The fraction of sp³-hybridized carbons (Fsp3) is 0.538. The minimum absolute atomic E-state index is 0.424. The van der Waals surface area contributed by atoms with Crippen LogP contribution in [0.2, 0.25) is 0 Å². The summed E-state index contributed by atoms with van der Waals surface area (Å²) in [5, 5.41) is 9.73. The summed E-state index contributed by atoms with van der Waals surface area (Å²) in [7, 11) is 2.07. The van der Waals surface area contributed by atoms with Crippen LogP contribution >= 0.6 is 15.9 Å². The normalized spacial score (nSPS) is 12.6. The van der Waals surface area contributed by atoms with Gasteiger partial charge < -0.3 is 10.0 Å². The summed E-state index contributed by atoms with van der Waals surface area (Å²) in [4.78, 5) is 2.20. The molecule has 0 aromatic heterocycles. The molecule has 1 atom stereocenters. The molecule has 1 aromatic carbocycles. The Morgan fingerprint density at radius 3 is 2.69 bits per heavy atom. The smallest absolute Gasteiger partial charge is 0.0782 e. The van der Waals surface area contributed by atoms with Crippen LogP contribution in [-0.4, -0.2) is 18.7 Å². The third-order valence-electron chi connectivity index (χ3n) is 2.70. The van der Waals surface area contributed by atoms with Gasteiger partial charge in [-0.1, -0.05) is 35.3 Å². The van der Waals surface area contributed by atoms with E-state index in [4.69, 9.17) is 0 Å². The minimum atomic E-state index is -0.424. The Kier molecular flexibility index (Phi) is 5.29. The molecule has 16 heavy (non-hydrogen) atoms. The lowest BCUT2D eigenvalue weighted by Crippen LogP contribution is -2.20. The SMILES string of the molecule is CCCCN(C)c1cc(Br)ccc1C(C)O. The molecule has 3 heteroatoms. The number of anilines is 1. The quantitative estimate of drug-likeness (QED) is 0.891. The van der Waals surface area contributed by atoms with Gasteiger partial charge in [-0.2, -0.15) is 0 Å². The molecule has 0 radical (unpaired) electrons. The van der Waals surface area contributed by atoms with Crippen LogP contribution in [0.15, 0.2) is 22.7 Å². The molecule has 2 nitrogen and oxygen atoms in total. The van der Waals surface area contributed by atoms with E-state index < -0.39 is 6.10 Å². The molecule has 0 saturated carbocycles. The molecule has 0 aliphatic heterocycles. The van der Waals surface area contributed by atoms with E-state index in [0.717, 1.165) is 22.3 Å². The highest BCUT2D eigenvalue weighted by molar-refractivity contribution is 9.10. The molecule has 0 heterocycles. The third kappa shape index (κ3) is 3.49. The number of aliphatic hydroxyl groups is 1. The lowest BCUT2D eigenvalue weighted by molar-refractivity contribution is 0.199. The van der Waals surface area contributed by atoms with Gasteiger partial charge in [-0.25, -0.2) is 0 Å². The van der Waals surface area contributed by atoms with Gasteiger partial charge in [0.05, 0.1) is 6.10 Å².